The molecule has 3 aromatic rings. The van der Waals surface area contributed by atoms with Gasteiger partial charge in [-0.25, -0.2) is 4.79 Å². The predicted molar refractivity (Wildman–Crippen MR) is 104 cm³/mol. The monoisotopic (exact) mass is 368 g/mol. The molecule has 2 aromatic carbocycles. The van der Waals surface area contributed by atoms with Gasteiger partial charge in [0.25, 0.3) is 0 Å². The smallest absolute Gasteiger partial charge is 0.326 e. The van der Waals surface area contributed by atoms with E-state index in [0.717, 1.165) is 22.0 Å². The van der Waals surface area contributed by atoms with Gasteiger partial charge in [-0.3, -0.25) is 4.79 Å². The number of nitrogens with one attached hydrogen (secondary N) is 2. The number of fused-ring (bicyclic) bond motifs is 1. The molecular weight excluding hydrogens is 348 g/mol. The van der Waals surface area contributed by atoms with Crippen molar-refractivity contribution in [3.63, 3.8) is 0 Å². The molecule has 134 valence electrons. The molecule has 6 heteroatoms. The largest absolute Gasteiger partial charge is 0.480 e. The van der Waals surface area contributed by atoms with Crippen molar-refractivity contribution in [3.8, 4) is 0 Å². The zero-order valence-electron chi connectivity index (χ0n) is 14.1. The van der Waals surface area contributed by atoms with Crippen LogP contribution in [0.25, 0.3) is 10.9 Å². The van der Waals surface area contributed by atoms with Gasteiger partial charge in [0.2, 0.25) is 5.91 Å². The maximum absolute atomic E-state index is 12.4. The average molecular weight is 368 g/mol. The molecule has 0 fully saturated rings. The van der Waals surface area contributed by atoms with Crippen LogP contribution in [0, 0.1) is 0 Å². The summed E-state index contributed by atoms with van der Waals surface area (Å²) in [5.41, 5.74) is 2.77. The molecule has 3 N–H and O–H groups in total. The van der Waals surface area contributed by atoms with Crippen LogP contribution in [0.5, 0.6) is 0 Å². The fourth-order valence-corrected chi connectivity index (χ4v) is 3.20. The van der Waals surface area contributed by atoms with E-state index in [1.54, 1.807) is 6.20 Å². The number of rotatable bonds is 7. The summed E-state index contributed by atoms with van der Waals surface area (Å²) in [4.78, 5) is 27.1. The van der Waals surface area contributed by atoms with Gasteiger partial charge in [-0.1, -0.05) is 48.5 Å². The zero-order chi connectivity index (χ0) is 18.5. The summed E-state index contributed by atoms with van der Waals surface area (Å²) in [7, 11) is 0. The van der Waals surface area contributed by atoms with Gasteiger partial charge >= 0.3 is 5.97 Å². The first-order chi connectivity index (χ1) is 12.5. The lowest BCUT2D eigenvalue weighted by Crippen LogP contribution is -2.45. The maximum atomic E-state index is 12.4. The van der Waals surface area contributed by atoms with Crippen LogP contribution in [0.4, 0.5) is 0 Å². The van der Waals surface area contributed by atoms with E-state index < -0.39 is 17.3 Å². The molecule has 0 aliphatic heterocycles. The molecule has 0 bridgehead atoms. The summed E-state index contributed by atoms with van der Waals surface area (Å²) in [5, 5.41) is 12.5. The van der Waals surface area contributed by atoms with Crippen LogP contribution in [0.3, 0.4) is 0 Å². The minimum atomic E-state index is -1.07. The highest BCUT2D eigenvalue weighted by molar-refractivity contribution is 7.81. The van der Waals surface area contributed by atoms with E-state index in [-0.39, 0.29) is 12.3 Å². The van der Waals surface area contributed by atoms with E-state index in [2.05, 4.69) is 22.9 Å². The topological polar surface area (TPSA) is 82.2 Å². The lowest BCUT2D eigenvalue weighted by atomic mass is 10.0. The van der Waals surface area contributed by atoms with Crippen LogP contribution in [0.15, 0.2) is 60.8 Å². The molecule has 0 spiro atoms. The Morgan fingerprint density at radius 3 is 2.46 bits per heavy atom. The lowest BCUT2D eigenvalue weighted by Gasteiger charge is -2.17. The van der Waals surface area contributed by atoms with Crippen molar-refractivity contribution in [1.29, 1.82) is 0 Å². The highest BCUT2D eigenvalue weighted by Gasteiger charge is 2.24. The van der Waals surface area contributed by atoms with Crippen molar-refractivity contribution in [2.75, 3.05) is 0 Å². The number of hydrogen-bond acceptors (Lipinski definition) is 3. The Balaban J connectivity index is 1.68. The van der Waals surface area contributed by atoms with Crippen molar-refractivity contribution < 1.29 is 14.7 Å². The molecule has 5 nitrogen and oxygen atoms in total. The van der Waals surface area contributed by atoms with E-state index in [9.17, 15) is 14.7 Å². The third-order valence-corrected chi connectivity index (χ3v) is 4.71. The first-order valence-corrected chi connectivity index (χ1v) is 8.86. The Hall–Kier alpha value is -2.73. The van der Waals surface area contributed by atoms with Crippen molar-refractivity contribution in [2.24, 2.45) is 0 Å². The Labute approximate surface area is 156 Å². The number of aromatic nitrogens is 1. The molecule has 3 rings (SSSR count). The maximum Gasteiger partial charge on any atom is 0.326 e. The Morgan fingerprint density at radius 2 is 1.73 bits per heavy atom. The summed E-state index contributed by atoms with van der Waals surface area (Å²) < 4.78 is 0. The number of amides is 1. The number of para-hydroxylation sites is 1. The van der Waals surface area contributed by atoms with Gasteiger partial charge in [-0.2, -0.15) is 12.6 Å². The first-order valence-electron chi connectivity index (χ1n) is 8.35. The van der Waals surface area contributed by atoms with Crippen LogP contribution in [0.2, 0.25) is 0 Å². The van der Waals surface area contributed by atoms with E-state index >= 15 is 0 Å². The molecule has 1 amide bonds. The fraction of sp³-hybridized carbons (Fsp3) is 0.200. The fourth-order valence-electron chi connectivity index (χ4n) is 2.92. The second-order valence-corrected chi connectivity index (χ2v) is 6.79. The molecule has 1 aromatic heterocycles. The summed E-state index contributed by atoms with van der Waals surface area (Å²) in [6, 6.07) is 16.2. The number of carbonyl (C=O) groups is 2. The van der Waals surface area contributed by atoms with Crippen LogP contribution in [-0.4, -0.2) is 33.3 Å². The number of hydrogen-bond donors (Lipinski definition) is 4. The molecule has 0 unspecified atom stereocenters. The highest BCUT2D eigenvalue weighted by atomic mass is 32.1. The SMILES string of the molecule is O=C(N[C@H](Cc1c[nH]c2ccccc12)C(=O)O)[C@H](S)Cc1ccccc1. The van der Waals surface area contributed by atoms with Crippen LogP contribution < -0.4 is 5.32 Å². The normalized spacial score (nSPS) is 13.3. The number of carboxylic acids is 1. The summed E-state index contributed by atoms with van der Waals surface area (Å²) in [5.74, 6) is -1.45. The summed E-state index contributed by atoms with van der Waals surface area (Å²) in [6.45, 7) is 0. The Bertz CT molecular complexity index is 908. The van der Waals surface area contributed by atoms with E-state index in [0.29, 0.717) is 6.42 Å². The minimum absolute atomic E-state index is 0.205. The lowest BCUT2D eigenvalue weighted by molar-refractivity contribution is -0.141. The Morgan fingerprint density at radius 1 is 1.04 bits per heavy atom. The standard InChI is InChI=1S/C20H20N2O3S/c23-19(18(26)10-13-6-2-1-3-7-13)22-17(20(24)25)11-14-12-21-16-9-5-4-8-15(14)16/h1-9,12,17-18,21,26H,10-11H2,(H,22,23)(H,24,25)/t17-,18-/m1/s1. The van der Waals surface area contributed by atoms with E-state index in [1.807, 2.05) is 54.6 Å². The quantitative estimate of drug-likeness (QED) is 0.484. The number of aliphatic carboxylic acids is 1. The second-order valence-electron chi connectivity index (χ2n) is 6.17. The minimum Gasteiger partial charge on any atom is -0.480 e. The Kier molecular flexibility index (Phi) is 5.63. The molecule has 26 heavy (non-hydrogen) atoms. The van der Waals surface area contributed by atoms with Crippen molar-refractivity contribution in [2.45, 2.75) is 24.1 Å². The van der Waals surface area contributed by atoms with Crippen LogP contribution >= 0.6 is 12.6 Å². The number of carbonyl (C=O) groups excluding carboxylic acids is 1. The predicted octanol–water partition coefficient (Wildman–Crippen LogP) is 2.82. The van der Waals surface area contributed by atoms with Crippen molar-refractivity contribution in [3.05, 3.63) is 71.9 Å². The third kappa shape index (κ3) is 4.26. The van der Waals surface area contributed by atoms with Crippen molar-refractivity contribution in [1.82, 2.24) is 10.3 Å². The number of H-pyrrole nitrogens is 1. The van der Waals surface area contributed by atoms with Crippen LogP contribution in [-0.2, 0) is 22.4 Å². The summed E-state index contributed by atoms with van der Waals surface area (Å²) in [6.07, 6.45) is 2.43. The van der Waals surface area contributed by atoms with Gasteiger partial charge in [0, 0.05) is 23.5 Å². The van der Waals surface area contributed by atoms with Gasteiger partial charge < -0.3 is 15.4 Å². The number of aromatic amines is 1. The number of carboxylic acid groups (broad SMARTS) is 1. The van der Waals surface area contributed by atoms with Crippen molar-refractivity contribution >= 4 is 35.4 Å². The molecule has 0 aliphatic carbocycles. The second kappa shape index (κ2) is 8.10. The third-order valence-electron chi connectivity index (χ3n) is 4.29. The number of benzene rings is 2. The molecule has 0 aliphatic rings. The molecule has 2 atom stereocenters. The first kappa shape index (κ1) is 18.1. The van der Waals surface area contributed by atoms with Gasteiger partial charge in [0.15, 0.2) is 0 Å². The molecule has 0 radical (unpaired) electrons. The zero-order valence-corrected chi connectivity index (χ0v) is 14.9. The van der Waals surface area contributed by atoms with E-state index in [1.165, 1.54) is 0 Å². The molecular formula is C20H20N2O3S. The average Bonchev–Trinajstić information content (AvgIpc) is 3.05. The molecule has 0 saturated heterocycles. The van der Waals surface area contributed by atoms with Gasteiger partial charge in [-0.05, 0) is 23.6 Å². The summed E-state index contributed by atoms with van der Waals surface area (Å²) >= 11 is 4.34. The van der Waals surface area contributed by atoms with Gasteiger partial charge in [0.05, 0.1) is 5.25 Å². The van der Waals surface area contributed by atoms with Gasteiger partial charge in [0.1, 0.15) is 6.04 Å². The number of thiol groups is 1. The molecule has 0 saturated carbocycles. The highest BCUT2D eigenvalue weighted by Crippen LogP contribution is 2.19. The molecule has 1 heterocycles. The van der Waals surface area contributed by atoms with E-state index in [4.69, 9.17) is 0 Å². The van der Waals surface area contributed by atoms with Gasteiger partial charge in [-0.15, -0.1) is 0 Å². The van der Waals surface area contributed by atoms with Crippen LogP contribution in [0.1, 0.15) is 11.1 Å².